The summed E-state index contributed by atoms with van der Waals surface area (Å²) in [7, 11) is 0. The van der Waals surface area contributed by atoms with Gasteiger partial charge in [0.05, 0.1) is 0 Å². The van der Waals surface area contributed by atoms with Gasteiger partial charge in [-0.1, -0.05) is 19.8 Å². The summed E-state index contributed by atoms with van der Waals surface area (Å²) in [5.41, 5.74) is 0.549. The van der Waals surface area contributed by atoms with Crippen LogP contribution >= 0.6 is 0 Å². The van der Waals surface area contributed by atoms with E-state index >= 15 is 0 Å². The summed E-state index contributed by atoms with van der Waals surface area (Å²) in [6, 6.07) is 0.799. The second-order valence-electron chi connectivity index (χ2n) is 6.38. The molecule has 2 aliphatic carbocycles. The Labute approximate surface area is 106 Å². The molecule has 98 valence electrons. The molecular formula is C15H28N2. The highest BCUT2D eigenvalue weighted by Gasteiger charge is 2.51. The van der Waals surface area contributed by atoms with Crippen LogP contribution in [0.15, 0.2) is 0 Å². The molecule has 3 fully saturated rings. The van der Waals surface area contributed by atoms with Crippen LogP contribution < -0.4 is 5.32 Å². The molecule has 3 aliphatic rings. The average Bonchev–Trinajstić information content (AvgIpc) is 2.85. The highest BCUT2D eigenvalue weighted by Crippen LogP contribution is 2.47. The average molecular weight is 236 g/mol. The van der Waals surface area contributed by atoms with Gasteiger partial charge in [0.25, 0.3) is 0 Å². The molecule has 0 spiro atoms. The van der Waals surface area contributed by atoms with E-state index in [1.54, 1.807) is 0 Å². The van der Waals surface area contributed by atoms with Crippen molar-refractivity contribution in [1.82, 2.24) is 10.2 Å². The van der Waals surface area contributed by atoms with Crippen LogP contribution in [0, 0.1) is 5.92 Å². The number of nitrogens with one attached hydrogen (secondary N) is 1. The number of hydrogen-bond donors (Lipinski definition) is 1. The Morgan fingerprint density at radius 3 is 2.29 bits per heavy atom. The lowest BCUT2D eigenvalue weighted by Crippen LogP contribution is -2.60. The largest absolute Gasteiger partial charge is 0.312 e. The smallest absolute Gasteiger partial charge is 0.0365 e. The Kier molecular flexibility index (Phi) is 3.45. The van der Waals surface area contributed by atoms with E-state index in [4.69, 9.17) is 0 Å². The lowest BCUT2D eigenvalue weighted by molar-refractivity contribution is 0.0681. The quantitative estimate of drug-likeness (QED) is 0.789. The third-order valence-corrected chi connectivity index (χ3v) is 5.30. The van der Waals surface area contributed by atoms with Crippen molar-refractivity contribution in [2.45, 2.75) is 69.9 Å². The predicted octanol–water partition coefficient (Wildman–Crippen LogP) is 2.78. The van der Waals surface area contributed by atoms with Crippen molar-refractivity contribution < 1.29 is 0 Å². The van der Waals surface area contributed by atoms with Gasteiger partial charge < -0.3 is 5.32 Å². The number of nitrogens with zero attached hydrogens (tertiary/aromatic N) is 1. The Morgan fingerprint density at radius 1 is 1.12 bits per heavy atom. The zero-order chi connectivity index (χ0) is 11.7. The second-order valence-corrected chi connectivity index (χ2v) is 6.38. The van der Waals surface area contributed by atoms with Gasteiger partial charge in [-0.05, 0) is 64.1 Å². The summed E-state index contributed by atoms with van der Waals surface area (Å²) in [5, 5.41) is 3.86. The third kappa shape index (κ3) is 2.15. The van der Waals surface area contributed by atoms with Crippen molar-refractivity contribution in [3.63, 3.8) is 0 Å². The van der Waals surface area contributed by atoms with Crippen molar-refractivity contribution in [2.75, 3.05) is 19.6 Å². The molecule has 1 atom stereocenters. The molecule has 0 aromatic heterocycles. The topological polar surface area (TPSA) is 15.3 Å². The highest BCUT2D eigenvalue weighted by molar-refractivity contribution is 5.09. The van der Waals surface area contributed by atoms with Crippen molar-refractivity contribution >= 4 is 0 Å². The molecule has 3 rings (SSSR count). The van der Waals surface area contributed by atoms with Crippen LogP contribution in [0.3, 0.4) is 0 Å². The van der Waals surface area contributed by atoms with Crippen molar-refractivity contribution in [2.24, 2.45) is 5.92 Å². The predicted molar refractivity (Wildman–Crippen MR) is 72.2 cm³/mol. The summed E-state index contributed by atoms with van der Waals surface area (Å²) in [6.07, 6.45) is 11.7. The number of rotatable bonds is 5. The molecule has 2 nitrogen and oxygen atoms in total. The molecular weight excluding hydrogens is 208 g/mol. The zero-order valence-corrected chi connectivity index (χ0v) is 11.4. The zero-order valence-electron chi connectivity index (χ0n) is 11.4. The first kappa shape index (κ1) is 12.0. The molecule has 0 aromatic carbocycles. The van der Waals surface area contributed by atoms with Gasteiger partial charge in [-0.3, -0.25) is 4.90 Å². The van der Waals surface area contributed by atoms with Crippen molar-refractivity contribution in [1.29, 1.82) is 0 Å². The summed E-state index contributed by atoms with van der Waals surface area (Å²) in [4.78, 5) is 2.87. The minimum Gasteiger partial charge on any atom is -0.312 e. The van der Waals surface area contributed by atoms with E-state index in [1.165, 1.54) is 64.5 Å². The Hall–Kier alpha value is -0.0800. The Balaban J connectivity index is 1.80. The lowest BCUT2D eigenvalue weighted by Gasteiger charge is -2.46. The van der Waals surface area contributed by atoms with Gasteiger partial charge in [0.2, 0.25) is 0 Å². The fourth-order valence-electron chi connectivity index (χ4n) is 4.42. The van der Waals surface area contributed by atoms with Gasteiger partial charge in [0.15, 0.2) is 0 Å². The molecule has 1 unspecified atom stereocenters. The van der Waals surface area contributed by atoms with Crippen LogP contribution in [-0.4, -0.2) is 36.1 Å². The Morgan fingerprint density at radius 2 is 1.76 bits per heavy atom. The number of likely N-dealkylation sites (tertiary alicyclic amines) is 1. The van der Waals surface area contributed by atoms with Crippen molar-refractivity contribution in [3.8, 4) is 0 Å². The molecule has 2 heteroatoms. The van der Waals surface area contributed by atoms with Crippen LogP contribution in [0.1, 0.15) is 58.3 Å². The van der Waals surface area contributed by atoms with Crippen LogP contribution in [0.5, 0.6) is 0 Å². The van der Waals surface area contributed by atoms with Crippen LogP contribution in [0.2, 0.25) is 0 Å². The van der Waals surface area contributed by atoms with Gasteiger partial charge in [0.1, 0.15) is 0 Å². The first-order valence-corrected chi connectivity index (χ1v) is 7.85. The van der Waals surface area contributed by atoms with Gasteiger partial charge >= 0.3 is 0 Å². The second kappa shape index (κ2) is 4.89. The molecule has 1 N–H and O–H groups in total. The number of hydrogen-bond acceptors (Lipinski definition) is 2. The summed E-state index contributed by atoms with van der Waals surface area (Å²) >= 11 is 0. The van der Waals surface area contributed by atoms with E-state index < -0.39 is 0 Å². The first-order chi connectivity index (χ1) is 8.37. The maximum Gasteiger partial charge on any atom is 0.0365 e. The van der Waals surface area contributed by atoms with Crippen molar-refractivity contribution in [3.05, 3.63) is 0 Å². The molecule has 0 aromatic rings. The molecule has 1 heterocycles. The monoisotopic (exact) mass is 236 g/mol. The van der Waals surface area contributed by atoms with Crippen LogP contribution in [-0.2, 0) is 0 Å². The van der Waals surface area contributed by atoms with Gasteiger partial charge in [-0.25, -0.2) is 0 Å². The minimum atomic E-state index is 0.549. The number of likely N-dealkylation sites (N-methyl/N-ethyl adjacent to an activating group) is 1. The molecule has 0 radical (unpaired) electrons. The van der Waals surface area contributed by atoms with Gasteiger partial charge in [-0.15, -0.1) is 0 Å². The molecule has 0 bridgehead atoms. The van der Waals surface area contributed by atoms with E-state index in [0.717, 1.165) is 18.5 Å². The summed E-state index contributed by atoms with van der Waals surface area (Å²) in [5.74, 6) is 0.994. The molecule has 1 aliphatic heterocycles. The van der Waals surface area contributed by atoms with E-state index in [9.17, 15) is 0 Å². The summed E-state index contributed by atoms with van der Waals surface area (Å²) < 4.78 is 0. The highest BCUT2D eigenvalue weighted by atomic mass is 15.3. The van der Waals surface area contributed by atoms with Gasteiger partial charge in [0, 0.05) is 11.6 Å². The maximum atomic E-state index is 3.86. The minimum absolute atomic E-state index is 0.549. The van der Waals surface area contributed by atoms with E-state index in [-0.39, 0.29) is 0 Å². The van der Waals surface area contributed by atoms with Crippen LogP contribution in [0.4, 0.5) is 0 Å². The third-order valence-electron chi connectivity index (χ3n) is 5.30. The lowest BCUT2D eigenvalue weighted by atomic mass is 9.83. The van der Waals surface area contributed by atoms with E-state index in [0.29, 0.717) is 5.54 Å². The maximum absolute atomic E-state index is 3.86. The first-order valence-electron chi connectivity index (χ1n) is 7.85. The molecule has 2 saturated carbocycles. The molecule has 17 heavy (non-hydrogen) atoms. The van der Waals surface area contributed by atoms with E-state index in [1.807, 2.05) is 0 Å². The van der Waals surface area contributed by atoms with Gasteiger partial charge in [-0.2, -0.15) is 0 Å². The fourth-order valence-corrected chi connectivity index (χ4v) is 4.42. The van der Waals surface area contributed by atoms with E-state index in [2.05, 4.69) is 17.1 Å². The molecule has 1 saturated heterocycles. The normalized spacial score (nSPS) is 30.9. The SMILES string of the molecule is CCNC(C1CC1)C1(N2CCCC2)CCCC1. The van der Waals surface area contributed by atoms with Crippen LogP contribution in [0.25, 0.3) is 0 Å². The molecule has 0 amide bonds. The Bertz CT molecular complexity index is 248. The summed E-state index contributed by atoms with van der Waals surface area (Å²) in [6.45, 7) is 6.17. The standard InChI is InChI=1S/C15H28N2/c1-2-16-14(13-7-8-13)15(9-3-4-10-15)17-11-5-6-12-17/h13-14,16H,2-12H2,1H3. The fraction of sp³-hybridized carbons (Fsp3) is 1.00.